The third kappa shape index (κ3) is 4.07. The molecule has 0 saturated carbocycles. The summed E-state index contributed by atoms with van der Waals surface area (Å²) in [6, 6.07) is 3.52. The fourth-order valence-electron chi connectivity index (χ4n) is 3.18. The maximum Gasteiger partial charge on any atom is 0.260 e. The average molecular weight is 356 g/mol. The lowest BCUT2D eigenvalue weighted by atomic mass is 10.1. The van der Waals surface area contributed by atoms with Gasteiger partial charge < -0.3 is 9.64 Å². The van der Waals surface area contributed by atoms with Crippen molar-refractivity contribution >= 4 is 17.7 Å². The molecular formula is C17H22F2N2O2S. The normalized spacial score (nSPS) is 23.1. The summed E-state index contributed by atoms with van der Waals surface area (Å²) in [6.45, 7) is 4.30. The number of hydrogen-bond acceptors (Lipinski definition) is 4. The van der Waals surface area contributed by atoms with Crippen molar-refractivity contribution in [3.8, 4) is 0 Å². The van der Waals surface area contributed by atoms with Gasteiger partial charge in [0.2, 0.25) is 0 Å². The number of amides is 1. The topological polar surface area (TPSA) is 32.8 Å². The Morgan fingerprint density at radius 1 is 1.21 bits per heavy atom. The van der Waals surface area contributed by atoms with Crippen LogP contribution in [0.5, 0.6) is 0 Å². The number of benzene rings is 1. The molecule has 0 spiro atoms. The van der Waals surface area contributed by atoms with E-state index in [0.717, 1.165) is 49.7 Å². The molecule has 3 rings (SSSR count). The molecule has 0 radical (unpaired) electrons. The molecule has 2 saturated heterocycles. The molecule has 2 heterocycles. The van der Waals surface area contributed by atoms with Crippen LogP contribution in [0.15, 0.2) is 18.2 Å². The third-order valence-electron chi connectivity index (χ3n) is 4.45. The highest BCUT2D eigenvalue weighted by Gasteiger charge is 2.31. The fourth-order valence-corrected chi connectivity index (χ4v) is 4.23. The summed E-state index contributed by atoms with van der Waals surface area (Å²) in [4.78, 5) is 16.8. The number of hydrogen-bond donors (Lipinski definition) is 0. The quantitative estimate of drug-likeness (QED) is 0.832. The number of carbonyl (C=O) groups excluding carboxylic acids is 1. The Morgan fingerprint density at radius 2 is 1.92 bits per heavy atom. The molecule has 2 fully saturated rings. The minimum absolute atomic E-state index is 0.0397. The molecule has 1 atom stereocenters. The van der Waals surface area contributed by atoms with Crippen LogP contribution in [0.2, 0.25) is 0 Å². The number of rotatable bonds is 3. The Morgan fingerprint density at radius 3 is 2.62 bits per heavy atom. The summed E-state index contributed by atoms with van der Waals surface area (Å²) < 4.78 is 33.4. The summed E-state index contributed by atoms with van der Waals surface area (Å²) in [6.07, 6.45) is 0.839. The lowest BCUT2D eigenvalue weighted by Gasteiger charge is -2.35. The maximum atomic E-state index is 14.0. The van der Waals surface area contributed by atoms with Crippen molar-refractivity contribution in [3.05, 3.63) is 35.4 Å². The first-order valence-corrected chi connectivity index (χ1v) is 9.45. The van der Waals surface area contributed by atoms with Crippen LogP contribution in [0.3, 0.4) is 0 Å². The Kier molecular flexibility index (Phi) is 6.08. The van der Waals surface area contributed by atoms with Crippen molar-refractivity contribution in [1.82, 2.24) is 9.80 Å². The van der Waals surface area contributed by atoms with Crippen molar-refractivity contribution in [3.63, 3.8) is 0 Å². The smallest absolute Gasteiger partial charge is 0.260 e. The summed E-state index contributed by atoms with van der Waals surface area (Å²) in [5.74, 6) is -0.363. The van der Waals surface area contributed by atoms with E-state index in [-0.39, 0.29) is 6.04 Å². The number of thioether (sulfide) groups is 1. The van der Waals surface area contributed by atoms with Crippen LogP contribution in [-0.4, -0.2) is 72.6 Å². The van der Waals surface area contributed by atoms with E-state index in [1.54, 1.807) is 16.7 Å². The SMILES string of the molecule is O=C(c1c(F)cccc1F)N1CCCSCC1CN1CCOCC1. The zero-order valence-electron chi connectivity index (χ0n) is 13.5. The number of halogens is 2. The van der Waals surface area contributed by atoms with Gasteiger partial charge in [0, 0.05) is 31.9 Å². The second-order valence-electron chi connectivity index (χ2n) is 6.09. The molecule has 0 aromatic heterocycles. The standard InChI is InChI=1S/C17H22F2N2O2S/c18-14-3-1-4-15(19)16(14)17(22)21-5-2-10-24-12-13(21)11-20-6-8-23-9-7-20/h1,3-4,13H,2,5-12H2. The van der Waals surface area contributed by atoms with Gasteiger partial charge in [0.15, 0.2) is 0 Å². The summed E-state index contributed by atoms with van der Waals surface area (Å²) in [5.41, 5.74) is -0.434. The monoisotopic (exact) mass is 356 g/mol. The van der Waals surface area contributed by atoms with Gasteiger partial charge in [0.1, 0.15) is 17.2 Å². The molecule has 24 heavy (non-hydrogen) atoms. The average Bonchev–Trinajstić information content (AvgIpc) is 2.81. The van der Waals surface area contributed by atoms with Crippen LogP contribution in [-0.2, 0) is 4.74 Å². The summed E-state index contributed by atoms with van der Waals surface area (Å²) >= 11 is 1.80. The second-order valence-corrected chi connectivity index (χ2v) is 7.24. The lowest BCUT2D eigenvalue weighted by molar-refractivity contribution is 0.0243. The Hall–Kier alpha value is -1.18. The lowest BCUT2D eigenvalue weighted by Crippen LogP contribution is -2.50. The molecule has 0 N–H and O–H groups in total. The molecule has 7 heteroatoms. The van der Waals surface area contributed by atoms with Crippen molar-refractivity contribution < 1.29 is 18.3 Å². The number of ether oxygens (including phenoxy) is 1. The highest BCUT2D eigenvalue weighted by molar-refractivity contribution is 7.99. The Labute approximate surface area is 145 Å². The second kappa shape index (κ2) is 8.27. The molecule has 1 aromatic carbocycles. The molecule has 132 valence electrons. The van der Waals surface area contributed by atoms with Gasteiger partial charge in [-0.2, -0.15) is 11.8 Å². The Bertz CT molecular complexity index is 561. The highest BCUT2D eigenvalue weighted by Crippen LogP contribution is 2.22. The van der Waals surface area contributed by atoms with E-state index in [9.17, 15) is 13.6 Å². The first-order chi connectivity index (χ1) is 11.7. The van der Waals surface area contributed by atoms with Crippen LogP contribution >= 0.6 is 11.8 Å². The van der Waals surface area contributed by atoms with E-state index < -0.39 is 23.1 Å². The van der Waals surface area contributed by atoms with Crippen LogP contribution in [0.25, 0.3) is 0 Å². The van der Waals surface area contributed by atoms with Crippen molar-refractivity contribution in [1.29, 1.82) is 0 Å². The van der Waals surface area contributed by atoms with Gasteiger partial charge in [-0.25, -0.2) is 8.78 Å². The van der Waals surface area contributed by atoms with E-state index in [1.165, 1.54) is 6.07 Å². The Balaban J connectivity index is 1.79. The molecule has 1 amide bonds. The molecular weight excluding hydrogens is 334 g/mol. The summed E-state index contributed by atoms with van der Waals surface area (Å²) in [5, 5.41) is 0. The highest BCUT2D eigenvalue weighted by atomic mass is 32.2. The first-order valence-electron chi connectivity index (χ1n) is 8.29. The van der Waals surface area contributed by atoms with Crippen LogP contribution in [0.1, 0.15) is 16.8 Å². The molecule has 0 bridgehead atoms. The first kappa shape index (κ1) is 17.6. The van der Waals surface area contributed by atoms with Crippen molar-refractivity contribution in [2.45, 2.75) is 12.5 Å². The van der Waals surface area contributed by atoms with Gasteiger partial charge in [-0.3, -0.25) is 9.69 Å². The van der Waals surface area contributed by atoms with Gasteiger partial charge in [-0.1, -0.05) is 6.07 Å². The molecule has 1 unspecified atom stereocenters. The van der Waals surface area contributed by atoms with E-state index in [4.69, 9.17) is 4.74 Å². The number of nitrogens with zero attached hydrogens (tertiary/aromatic N) is 2. The van der Waals surface area contributed by atoms with E-state index in [1.807, 2.05) is 0 Å². The van der Waals surface area contributed by atoms with E-state index in [0.29, 0.717) is 19.8 Å². The maximum absolute atomic E-state index is 14.0. The number of morpholine rings is 1. The van der Waals surface area contributed by atoms with Crippen LogP contribution in [0, 0.1) is 11.6 Å². The molecule has 2 aliphatic heterocycles. The number of carbonyl (C=O) groups is 1. The zero-order chi connectivity index (χ0) is 16.9. The van der Waals surface area contributed by atoms with Crippen molar-refractivity contribution in [2.75, 3.05) is 50.9 Å². The predicted molar refractivity (Wildman–Crippen MR) is 90.4 cm³/mol. The minimum atomic E-state index is -0.790. The van der Waals surface area contributed by atoms with E-state index >= 15 is 0 Å². The molecule has 0 aliphatic carbocycles. The molecule has 4 nitrogen and oxygen atoms in total. The third-order valence-corrected chi connectivity index (χ3v) is 5.65. The van der Waals surface area contributed by atoms with Gasteiger partial charge >= 0.3 is 0 Å². The predicted octanol–water partition coefficient (Wildman–Crippen LogP) is 2.24. The van der Waals surface area contributed by atoms with Crippen molar-refractivity contribution in [2.24, 2.45) is 0 Å². The van der Waals surface area contributed by atoms with E-state index in [2.05, 4.69) is 4.90 Å². The zero-order valence-corrected chi connectivity index (χ0v) is 14.4. The minimum Gasteiger partial charge on any atom is -0.379 e. The summed E-state index contributed by atoms with van der Waals surface area (Å²) in [7, 11) is 0. The van der Waals surface area contributed by atoms with Gasteiger partial charge in [0.25, 0.3) is 5.91 Å². The van der Waals surface area contributed by atoms with Crippen LogP contribution < -0.4 is 0 Å². The fraction of sp³-hybridized carbons (Fsp3) is 0.588. The van der Waals surface area contributed by atoms with Gasteiger partial charge in [-0.15, -0.1) is 0 Å². The van der Waals surface area contributed by atoms with Gasteiger partial charge in [-0.05, 0) is 24.3 Å². The molecule has 2 aliphatic rings. The van der Waals surface area contributed by atoms with Crippen LogP contribution in [0.4, 0.5) is 8.78 Å². The largest absolute Gasteiger partial charge is 0.379 e. The van der Waals surface area contributed by atoms with Gasteiger partial charge in [0.05, 0.1) is 19.3 Å². The molecule has 1 aromatic rings.